The molecule has 0 fully saturated rings. The number of aliphatic carboxylic acids is 1. The molecule has 0 heterocycles. The van der Waals surface area contributed by atoms with E-state index in [9.17, 15) is 9.59 Å². The molecule has 0 aromatic heterocycles. The first-order valence-corrected chi connectivity index (χ1v) is 5.87. The molecule has 0 aliphatic rings. The highest BCUT2D eigenvalue weighted by Crippen LogP contribution is 2.16. The van der Waals surface area contributed by atoms with Crippen molar-refractivity contribution < 1.29 is 19.4 Å². The Kier molecular flexibility index (Phi) is 5.81. The lowest BCUT2D eigenvalue weighted by Gasteiger charge is -2.15. The van der Waals surface area contributed by atoms with Crippen molar-refractivity contribution >= 4 is 11.9 Å². The minimum absolute atomic E-state index is 0.146. The van der Waals surface area contributed by atoms with Gasteiger partial charge >= 0.3 is 5.97 Å². The van der Waals surface area contributed by atoms with Crippen LogP contribution in [0.2, 0.25) is 0 Å². The Morgan fingerprint density at radius 2 is 2.05 bits per heavy atom. The minimum atomic E-state index is -1.07. The van der Waals surface area contributed by atoms with Crippen LogP contribution in [0.5, 0.6) is 5.75 Å². The van der Waals surface area contributed by atoms with Gasteiger partial charge in [0.1, 0.15) is 11.8 Å². The molecular formula is C13H18N2O4. The van der Waals surface area contributed by atoms with Crippen LogP contribution in [0.25, 0.3) is 0 Å². The third-order valence-electron chi connectivity index (χ3n) is 2.53. The molecule has 6 heteroatoms. The van der Waals surface area contributed by atoms with Gasteiger partial charge in [0.05, 0.1) is 7.11 Å². The second-order valence-electron chi connectivity index (χ2n) is 4.03. The van der Waals surface area contributed by atoms with Gasteiger partial charge in [-0.15, -0.1) is 0 Å². The van der Waals surface area contributed by atoms with Crippen LogP contribution in [0.4, 0.5) is 0 Å². The van der Waals surface area contributed by atoms with Gasteiger partial charge in [-0.2, -0.15) is 0 Å². The number of benzene rings is 1. The van der Waals surface area contributed by atoms with Crippen molar-refractivity contribution in [2.45, 2.75) is 19.5 Å². The van der Waals surface area contributed by atoms with E-state index in [4.69, 9.17) is 9.84 Å². The highest BCUT2D eigenvalue weighted by Gasteiger charge is 2.17. The van der Waals surface area contributed by atoms with Crippen LogP contribution in [0.15, 0.2) is 24.3 Å². The molecule has 6 nitrogen and oxygen atoms in total. The predicted octanol–water partition coefficient (Wildman–Crippen LogP) is 0.374. The van der Waals surface area contributed by atoms with Gasteiger partial charge in [-0.25, -0.2) is 4.79 Å². The molecule has 1 atom stereocenters. The summed E-state index contributed by atoms with van der Waals surface area (Å²) in [5, 5.41) is 14.3. The average molecular weight is 266 g/mol. The highest BCUT2D eigenvalue weighted by molar-refractivity contribution is 5.82. The zero-order valence-corrected chi connectivity index (χ0v) is 11.0. The molecule has 0 aliphatic carbocycles. The van der Waals surface area contributed by atoms with Crippen LogP contribution in [-0.2, 0) is 16.1 Å². The molecule has 1 aromatic rings. The Morgan fingerprint density at radius 1 is 1.37 bits per heavy atom. The number of para-hydroxylation sites is 1. The molecule has 1 aromatic carbocycles. The van der Waals surface area contributed by atoms with Crippen molar-refractivity contribution in [3.8, 4) is 5.75 Å². The second-order valence-corrected chi connectivity index (χ2v) is 4.03. The Hall–Kier alpha value is -2.08. The van der Waals surface area contributed by atoms with Crippen molar-refractivity contribution in [1.82, 2.24) is 10.6 Å². The van der Waals surface area contributed by atoms with Gasteiger partial charge in [0.25, 0.3) is 0 Å². The first kappa shape index (κ1) is 15.0. The topological polar surface area (TPSA) is 87.7 Å². The van der Waals surface area contributed by atoms with Gasteiger partial charge in [0, 0.05) is 25.6 Å². The molecule has 0 radical (unpaired) electrons. The quantitative estimate of drug-likeness (QED) is 0.664. The first-order valence-electron chi connectivity index (χ1n) is 5.87. The number of hydrogen-bond acceptors (Lipinski definition) is 4. The maximum absolute atomic E-state index is 10.9. The molecule has 0 aliphatic heterocycles. The van der Waals surface area contributed by atoms with Gasteiger partial charge in [-0.05, 0) is 6.07 Å². The second kappa shape index (κ2) is 7.38. The summed E-state index contributed by atoms with van der Waals surface area (Å²) in [6, 6.07) is 6.52. The number of amides is 1. The predicted molar refractivity (Wildman–Crippen MR) is 69.9 cm³/mol. The molecule has 3 N–H and O–H groups in total. The van der Waals surface area contributed by atoms with E-state index in [1.54, 1.807) is 7.11 Å². The van der Waals surface area contributed by atoms with Crippen LogP contribution in [0, 0.1) is 0 Å². The van der Waals surface area contributed by atoms with E-state index >= 15 is 0 Å². The van der Waals surface area contributed by atoms with Crippen molar-refractivity contribution in [2.24, 2.45) is 0 Å². The summed E-state index contributed by atoms with van der Waals surface area (Å²) in [4.78, 5) is 21.8. The number of ether oxygens (including phenoxy) is 1. The third kappa shape index (κ3) is 4.97. The van der Waals surface area contributed by atoms with Crippen molar-refractivity contribution in [1.29, 1.82) is 0 Å². The van der Waals surface area contributed by atoms with E-state index in [-0.39, 0.29) is 12.5 Å². The molecule has 1 unspecified atom stereocenters. The number of hydrogen-bond donors (Lipinski definition) is 3. The number of methoxy groups -OCH3 is 1. The van der Waals surface area contributed by atoms with E-state index < -0.39 is 12.0 Å². The number of carbonyl (C=O) groups excluding carboxylic acids is 1. The van der Waals surface area contributed by atoms with Gasteiger partial charge in [0.2, 0.25) is 5.91 Å². The van der Waals surface area contributed by atoms with E-state index in [0.29, 0.717) is 6.54 Å². The number of nitrogens with one attached hydrogen (secondary N) is 2. The number of carboxylic acids is 1. The van der Waals surface area contributed by atoms with E-state index in [0.717, 1.165) is 11.3 Å². The summed E-state index contributed by atoms with van der Waals surface area (Å²) >= 11 is 0. The third-order valence-corrected chi connectivity index (χ3v) is 2.53. The zero-order chi connectivity index (χ0) is 14.3. The average Bonchev–Trinajstić information content (AvgIpc) is 2.37. The fourth-order valence-electron chi connectivity index (χ4n) is 1.65. The number of rotatable bonds is 7. The lowest BCUT2D eigenvalue weighted by molar-refractivity contribution is -0.141. The maximum Gasteiger partial charge on any atom is 0.327 e. The number of carboxylic acid groups (broad SMARTS) is 1. The lowest BCUT2D eigenvalue weighted by Crippen LogP contribution is -2.46. The lowest BCUT2D eigenvalue weighted by atomic mass is 10.2. The largest absolute Gasteiger partial charge is 0.496 e. The molecule has 0 saturated carbocycles. The smallest absolute Gasteiger partial charge is 0.327 e. The molecule has 1 rings (SSSR count). The highest BCUT2D eigenvalue weighted by atomic mass is 16.5. The Labute approximate surface area is 111 Å². The fourth-order valence-corrected chi connectivity index (χ4v) is 1.65. The van der Waals surface area contributed by atoms with Gasteiger partial charge in [-0.3, -0.25) is 4.79 Å². The Balaban J connectivity index is 2.52. The van der Waals surface area contributed by atoms with Crippen LogP contribution < -0.4 is 15.4 Å². The van der Waals surface area contributed by atoms with E-state index in [1.807, 2.05) is 24.3 Å². The molecule has 1 amide bonds. The number of carbonyl (C=O) groups is 2. The van der Waals surface area contributed by atoms with Crippen molar-refractivity contribution in [3.05, 3.63) is 29.8 Å². The molecule has 0 saturated heterocycles. The Morgan fingerprint density at radius 3 is 2.63 bits per heavy atom. The molecular weight excluding hydrogens is 248 g/mol. The standard InChI is InChI=1S/C13H18N2O4/c1-9(16)15-11(13(17)18)8-14-7-10-5-3-4-6-12(10)19-2/h3-6,11,14H,7-8H2,1-2H3,(H,15,16)(H,17,18). The maximum atomic E-state index is 10.9. The molecule has 19 heavy (non-hydrogen) atoms. The van der Waals surface area contributed by atoms with Gasteiger partial charge < -0.3 is 20.5 Å². The summed E-state index contributed by atoms with van der Waals surface area (Å²) in [5.74, 6) is -0.698. The molecule has 104 valence electrons. The zero-order valence-electron chi connectivity index (χ0n) is 11.0. The fraction of sp³-hybridized carbons (Fsp3) is 0.385. The van der Waals surface area contributed by atoms with Crippen molar-refractivity contribution in [2.75, 3.05) is 13.7 Å². The molecule has 0 bridgehead atoms. The summed E-state index contributed by atoms with van der Waals surface area (Å²) in [7, 11) is 1.58. The minimum Gasteiger partial charge on any atom is -0.496 e. The van der Waals surface area contributed by atoms with Gasteiger partial charge in [0.15, 0.2) is 0 Å². The SMILES string of the molecule is COc1ccccc1CNCC(NC(C)=O)C(=O)O. The van der Waals surface area contributed by atoms with Crippen molar-refractivity contribution in [3.63, 3.8) is 0 Å². The summed E-state index contributed by atoms with van der Waals surface area (Å²) < 4.78 is 5.19. The summed E-state index contributed by atoms with van der Waals surface area (Å²) in [6.45, 7) is 1.90. The monoisotopic (exact) mass is 266 g/mol. The van der Waals surface area contributed by atoms with Crippen LogP contribution in [0.3, 0.4) is 0 Å². The summed E-state index contributed by atoms with van der Waals surface area (Å²) in [5.41, 5.74) is 0.928. The summed E-state index contributed by atoms with van der Waals surface area (Å²) in [6.07, 6.45) is 0. The van der Waals surface area contributed by atoms with Crippen LogP contribution >= 0.6 is 0 Å². The molecule has 0 spiro atoms. The van der Waals surface area contributed by atoms with E-state index in [1.165, 1.54) is 6.92 Å². The van der Waals surface area contributed by atoms with E-state index in [2.05, 4.69) is 10.6 Å². The van der Waals surface area contributed by atoms with Gasteiger partial charge in [-0.1, -0.05) is 18.2 Å². The Bertz CT molecular complexity index is 448. The van der Waals surface area contributed by atoms with Crippen LogP contribution in [-0.4, -0.2) is 36.7 Å². The normalized spacial score (nSPS) is 11.7. The first-order chi connectivity index (χ1) is 9.04. The van der Waals surface area contributed by atoms with Crippen LogP contribution in [0.1, 0.15) is 12.5 Å².